The highest BCUT2D eigenvalue weighted by atomic mass is 79.9. The average molecular weight is 335 g/mol. The Labute approximate surface area is 128 Å². The van der Waals surface area contributed by atoms with Gasteiger partial charge >= 0.3 is 0 Å². The summed E-state index contributed by atoms with van der Waals surface area (Å²) in [5, 5.41) is 10.3. The molecule has 0 heterocycles. The number of rotatable bonds is 4. The zero-order valence-electron chi connectivity index (χ0n) is 12.0. The van der Waals surface area contributed by atoms with Crippen LogP contribution in [0.4, 0.5) is 0 Å². The molecule has 0 saturated heterocycles. The van der Waals surface area contributed by atoms with Gasteiger partial charge in [-0.25, -0.2) is 0 Å². The van der Waals surface area contributed by atoms with Gasteiger partial charge in [0, 0.05) is 10.0 Å². The Morgan fingerprint density at radius 2 is 1.80 bits per heavy atom. The lowest BCUT2D eigenvalue weighted by atomic mass is 9.95. The predicted octanol–water partition coefficient (Wildman–Crippen LogP) is 4.56. The molecule has 1 N–H and O–H groups in total. The van der Waals surface area contributed by atoms with Crippen molar-refractivity contribution in [3.05, 3.63) is 63.6 Å². The SMILES string of the molecule is Cc1cc(C(C)(C)O)c(OCc2ccccc2)cc1Br. The highest BCUT2D eigenvalue weighted by Crippen LogP contribution is 2.34. The Balaban J connectivity index is 2.28. The number of ether oxygens (including phenoxy) is 1. The van der Waals surface area contributed by atoms with Gasteiger partial charge in [-0.05, 0) is 44.0 Å². The fourth-order valence-electron chi connectivity index (χ4n) is 2.00. The summed E-state index contributed by atoms with van der Waals surface area (Å²) in [5.74, 6) is 0.707. The maximum absolute atomic E-state index is 10.3. The van der Waals surface area contributed by atoms with Gasteiger partial charge in [-0.3, -0.25) is 0 Å². The molecule has 2 aromatic carbocycles. The van der Waals surface area contributed by atoms with Crippen molar-refractivity contribution in [1.29, 1.82) is 0 Å². The molecule has 0 radical (unpaired) electrons. The summed E-state index contributed by atoms with van der Waals surface area (Å²) in [5.41, 5.74) is 2.05. The van der Waals surface area contributed by atoms with Crippen LogP contribution in [0.25, 0.3) is 0 Å². The maximum atomic E-state index is 10.3. The summed E-state index contributed by atoms with van der Waals surface area (Å²) in [7, 11) is 0. The first-order valence-electron chi connectivity index (χ1n) is 6.57. The van der Waals surface area contributed by atoms with Gasteiger partial charge in [-0.1, -0.05) is 46.3 Å². The number of halogens is 1. The van der Waals surface area contributed by atoms with Crippen molar-refractivity contribution in [1.82, 2.24) is 0 Å². The molecule has 0 amide bonds. The number of aryl methyl sites for hydroxylation is 1. The van der Waals surface area contributed by atoms with Crippen LogP contribution in [0.2, 0.25) is 0 Å². The molecule has 0 aliphatic heterocycles. The Morgan fingerprint density at radius 1 is 1.15 bits per heavy atom. The molecule has 0 spiro atoms. The van der Waals surface area contributed by atoms with Crippen molar-refractivity contribution in [2.75, 3.05) is 0 Å². The minimum Gasteiger partial charge on any atom is -0.488 e. The minimum atomic E-state index is -0.933. The van der Waals surface area contributed by atoms with Gasteiger partial charge in [-0.2, -0.15) is 0 Å². The van der Waals surface area contributed by atoms with Gasteiger partial charge in [0.15, 0.2) is 0 Å². The topological polar surface area (TPSA) is 29.5 Å². The third kappa shape index (κ3) is 3.62. The van der Waals surface area contributed by atoms with E-state index < -0.39 is 5.60 Å². The standard InChI is InChI=1S/C17H19BrO2/c1-12-9-14(17(2,3)19)16(10-15(12)18)20-11-13-7-5-4-6-8-13/h4-10,19H,11H2,1-3H3. The van der Waals surface area contributed by atoms with Gasteiger partial charge < -0.3 is 9.84 Å². The Bertz CT molecular complexity index is 586. The zero-order valence-corrected chi connectivity index (χ0v) is 13.6. The normalized spacial score (nSPS) is 11.4. The van der Waals surface area contributed by atoms with Crippen LogP contribution in [0.1, 0.15) is 30.5 Å². The van der Waals surface area contributed by atoms with Gasteiger partial charge in [0.1, 0.15) is 12.4 Å². The molecule has 20 heavy (non-hydrogen) atoms. The summed E-state index contributed by atoms with van der Waals surface area (Å²) < 4.78 is 6.88. The first kappa shape index (κ1) is 15.1. The molecule has 0 unspecified atom stereocenters. The van der Waals surface area contributed by atoms with Crippen LogP contribution in [0.15, 0.2) is 46.9 Å². The monoisotopic (exact) mass is 334 g/mol. The predicted molar refractivity (Wildman–Crippen MR) is 84.9 cm³/mol. The molecule has 2 nitrogen and oxygen atoms in total. The average Bonchev–Trinajstić information content (AvgIpc) is 2.39. The summed E-state index contributed by atoms with van der Waals surface area (Å²) in [4.78, 5) is 0. The summed E-state index contributed by atoms with van der Waals surface area (Å²) in [6, 6.07) is 13.9. The quantitative estimate of drug-likeness (QED) is 0.887. The third-order valence-corrected chi connectivity index (χ3v) is 4.01. The van der Waals surface area contributed by atoms with E-state index in [-0.39, 0.29) is 0 Å². The Morgan fingerprint density at radius 3 is 2.40 bits per heavy atom. The van der Waals surface area contributed by atoms with Crippen LogP contribution < -0.4 is 4.74 Å². The number of hydrogen-bond acceptors (Lipinski definition) is 2. The van der Waals surface area contributed by atoms with E-state index in [4.69, 9.17) is 4.74 Å². The second-order valence-electron chi connectivity index (χ2n) is 5.43. The molecule has 2 rings (SSSR count). The first-order valence-corrected chi connectivity index (χ1v) is 7.37. The van der Waals surface area contributed by atoms with Crippen LogP contribution in [0.5, 0.6) is 5.75 Å². The second kappa shape index (κ2) is 5.98. The molecule has 0 aliphatic rings. The third-order valence-electron chi connectivity index (χ3n) is 3.16. The van der Waals surface area contributed by atoms with Crippen LogP contribution in [-0.4, -0.2) is 5.11 Å². The number of aliphatic hydroxyl groups is 1. The van der Waals surface area contributed by atoms with Crippen molar-refractivity contribution in [2.24, 2.45) is 0 Å². The molecular formula is C17H19BrO2. The van der Waals surface area contributed by atoms with E-state index in [0.717, 1.165) is 21.2 Å². The van der Waals surface area contributed by atoms with Crippen LogP contribution >= 0.6 is 15.9 Å². The summed E-state index contributed by atoms with van der Waals surface area (Å²) >= 11 is 3.51. The lowest BCUT2D eigenvalue weighted by molar-refractivity contribution is 0.0743. The van der Waals surface area contributed by atoms with E-state index in [1.807, 2.05) is 49.4 Å². The van der Waals surface area contributed by atoms with Gasteiger partial charge in [0.25, 0.3) is 0 Å². The summed E-state index contributed by atoms with van der Waals surface area (Å²) in [6.07, 6.45) is 0. The van der Waals surface area contributed by atoms with Crippen molar-refractivity contribution in [3.63, 3.8) is 0 Å². The number of hydrogen-bond donors (Lipinski definition) is 1. The lowest BCUT2D eigenvalue weighted by Gasteiger charge is -2.23. The molecule has 0 aromatic heterocycles. The van der Waals surface area contributed by atoms with E-state index in [9.17, 15) is 5.11 Å². The minimum absolute atomic E-state index is 0.486. The van der Waals surface area contributed by atoms with Crippen LogP contribution in [-0.2, 0) is 12.2 Å². The molecule has 0 saturated carbocycles. The highest BCUT2D eigenvalue weighted by Gasteiger charge is 2.22. The van der Waals surface area contributed by atoms with E-state index in [0.29, 0.717) is 12.4 Å². The zero-order chi connectivity index (χ0) is 14.8. The van der Waals surface area contributed by atoms with Crippen LogP contribution in [0.3, 0.4) is 0 Å². The lowest BCUT2D eigenvalue weighted by Crippen LogP contribution is -2.17. The number of benzene rings is 2. The van der Waals surface area contributed by atoms with Gasteiger partial charge in [0.2, 0.25) is 0 Å². The second-order valence-corrected chi connectivity index (χ2v) is 6.29. The smallest absolute Gasteiger partial charge is 0.127 e. The van der Waals surface area contributed by atoms with E-state index in [1.54, 1.807) is 13.8 Å². The fraction of sp³-hybridized carbons (Fsp3) is 0.294. The van der Waals surface area contributed by atoms with Crippen molar-refractivity contribution < 1.29 is 9.84 Å². The molecule has 0 fully saturated rings. The molecule has 3 heteroatoms. The van der Waals surface area contributed by atoms with E-state index in [1.165, 1.54) is 0 Å². The molecule has 0 aliphatic carbocycles. The largest absolute Gasteiger partial charge is 0.488 e. The molecular weight excluding hydrogens is 316 g/mol. The highest BCUT2D eigenvalue weighted by molar-refractivity contribution is 9.10. The maximum Gasteiger partial charge on any atom is 0.127 e. The molecule has 0 bridgehead atoms. The Kier molecular flexibility index (Phi) is 4.51. The Hall–Kier alpha value is -1.32. The van der Waals surface area contributed by atoms with E-state index >= 15 is 0 Å². The summed E-state index contributed by atoms with van der Waals surface area (Å²) in [6.45, 7) is 6.02. The van der Waals surface area contributed by atoms with Gasteiger partial charge in [0.05, 0.1) is 5.60 Å². The van der Waals surface area contributed by atoms with Crippen molar-refractivity contribution in [2.45, 2.75) is 33.0 Å². The first-order chi connectivity index (χ1) is 9.38. The molecule has 2 aromatic rings. The van der Waals surface area contributed by atoms with Crippen molar-refractivity contribution >= 4 is 15.9 Å². The molecule has 106 valence electrons. The molecule has 0 atom stereocenters. The van der Waals surface area contributed by atoms with Crippen molar-refractivity contribution in [3.8, 4) is 5.75 Å². The van der Waals surface area contributed by atoms with Gasteiger partial charge in [-0.15, -0.1) is 0 Å². The fourth-order valence-corrected chi connectivity index (χ4v) is 2.32. The van der Waals surface area contributed by atoms with E-state index in [2.05, 4.69) is 15.9 Å². The van der Waals surface area contributed by atoms with Crippen LogP contribution in [0, 0.1) is 6.92 Å².